The first-order valence-corrected chi connectivity index (χ1v) is 9.26. The zero-order chi connectivity index (χ0) is 19.1. The van der Waals surface area contributed by atoms with E-state index in [1.54, 1.807) is 43.5 Å². The number of hydrogen-bond acceptors (Lipinski definition) is 7. The van der Waals surface area contributed by atoms with E-state index in [1.165, 1.54) is 0 Å². The Morgan fingerprint density at radius 2 is 2.00 bits per heavy atom. The molecule has 0 spiro atoms. The van der Waals surface area contributed by atoms with Gasteiger partial charge in [-0.2, -0.15) is 0 Å². The van der Waals surface area contributed by atoms with Gasteiger partial charge in [-0.3, -0.25) is 4.79 Å². The lowest BCUT2D eigenvalue weighted by molar-refractivity contribution is -0.113. The second kappa shape index (κ2) is 9.29. The molecule has 2 aromatic carbocycles. The van der Waals surface area contributed by atoms with Crippen molar-refractivity contribution in [1.82, 2.24) is 10.2 Å². The SMILES string of the molecule is COc1cccc(OCc2nnc(SCC(=O)Nc3cccc(Cl)c3)o2)c1. The smallest absolute Gasteiger partial charge is 0.277 e. The molecule has 0 aliphatic rings. The number of hydrogen-bond donors (Lipinski definition) is 1. The van der Waals surface area contributed by atoms with Crippen molar-refractivity contribution in [3.63, 3.8) is 0 Å². The number of benzene rings is 2. The number of carbonyl (C=O) groups is 1. The first kappa shape index (κ1) is 19.1. The number of amides is 1. The molecular formula is C18H16ClN3O4S. The van der Waals surface area contributed by atoms with Crippen molar-refractivity contribution in [2.75, 3.05) is 18.2 Å². The molecule has 0 saturated heterocycles. The molecule has 0 aliphatic carbocycles. The van der Waals surface area contributed by atoms with Gasteiger partial charge < -0.3 is 19.2 Å². The highest BCUT2D eigenvalue weighted by atomic mass is 35.5. The van der Waals surface area contributed by atoms with Crippen LogP contribution >= 0.6 is 23.4 Å². The second-order valence-electron chi connectivity index (χ2n) is 5.28. The Bertz CT molecular complexity index is 919. The van der Waals surface area contributed by atoms with Gasteiger partial charge in [0.15, 0.2) is 6.61 Å². The fourth-order valence-corrected chi connectivity index (χ4v) is 2.85. The molecule has 3 rings (SSSR count). The monoisotopic (exact) mass is 405 g/mol. The van der Waals surface area contributed by atoms with Crippen LogP contribution < -0.4 is 14.8 Å². The summed E-state index contributed by atoms with van der Waals surface area (Å²) in [6.45, 7) is 0.120. The molecular weight excluding hydrogens is 390 g/mol. The van der Waals surface area contributed by atoms with E-state index in [2.05, 4.69) is 15.5 Å². The van der Waals surface area contributed by atoms with Crippen LogP contribution in [0.3, 0.4) is 0 Å². The molecule has 7 nitrogen and oxygen atoms in total. The van der Waals surface area contributed by atoms with Crippen molar-refractivity contribution >= 4 is 35.0 Å². The maximum Gasteiger partial charge on any atom is 0.277 e. The second-order valence-corrected chi connectivity index (χ2v) is 6.64. The molecule has 1 aromatic heterocycles. The summed E-state index contributed by atoms with van der Waals surface area (Å²) in [5.41, 5.74) is 0.631. The minimum atomic E-state index is -0.199. The van der Waals surface area contributed by atoms with E-state index >= 15 is 0 Å². The number of aromatic nitrogens is 2. The Morgan fingerprint density at radius 3 is 2.81 bits per heavy atom. The predicted octanol–water partition coefficient (Wildman–Crippen LogP) is 4.04. The third kappa shape index (κ3) is 5.90. The van der Waals surface area contributed by atoms with Crippen LogP contribution in [0.2, 0.25) is 5.02 Å². The number of thioether (sulfide) groups is 1. The van der Waals surface area contributed by atoms with Crippen molar-refractivity contribution in [2.24, 2.45) is 0 Å². The highest BCUT2D eigenvalue weighted by molar-refractivity contribution is 7.99. The van der Waals surface area contributed by atoms with Crippen LogP contribution in [0.15, 0.2) is 58.2 Å². The Balaban J connectivity index is 1.46. The highest BCUT2D eigenvalue weighted by Gasteiger charge is 2.11. The van der Waals surface area contributed by atoms with E-state index in [4.69, 9.17) is 25.5 Å². The number of methoxy groups -OCH3 is 1. The summed E-state index contributed by atoms with van der Waals surface area (Å²) in [4.78, 5) is 12.0. The normalized spacial score (nSPS) is 10.4. The molecule has 1 heterocycles. The van der Waals surface area contributed by atoms with Crippen LogP contribution in [0.1, 0.15) is 5.89 Å². The average Bonchev–Trinajstić information content (AvgIpc) is 3.13. The van der Waals surface area contributed by atoms with Gasteiger partial charge in [-0.15, -0.1) is 10.2 Å². The van der Waals surface area contributed by atoms with Gasteiger partial charge in [0.25, 0.3) is 11.1 Å². The minimum Gasteiger partial charge on any atom is -0.497 e. The molecule has 27 heavy (non-hydrogen) atoms. The Labute approximate surface area is 165 Å². The molecule has 0 radical (unpaired) electrons. The van der Waals surface area contributed by atoms with Gasteiger partial charge in [0.1, 0.15) is 11.5 Å². The maximum atomic E-state index is 12.0. The Hall–Kier alpha value is -2.71. The largest absolute Gasteiger partial charge is 0.497 e. The topological polar surface area (TPSA) is 86.5 Å². The van der Waals surface area contributed by atoms with E-state index in [9.17, 15) is 4.79 Å². The molecule has 0 unspecified atom stereocenters. The molecule has 9 heteroatoms. The van der Waals surface area contributed by atoms with Crippen molar-refractivity contribution in [1.29, 1.82) is 0 Å². The van der Waals surface area contributed by atoms with E-state index in [0.717, 1.165) is 11.8 Å². The fraction of sp³-hybridized carbons (Fsp3) is 0.167. The van der Waals surface area contributed by atoms with Crippen molar-refractivity contribution in [2.45, 2.75) is 11.8 Å². The van der Waals surface area contributed by atoms with E-state index in [-0.39, 0.29) is 18.3 Å². The average molecular weight is 406 g/mol. The summed E-state index contributed by atoms with van der Waals surface area (Å²) in [6, 6.07) is 14.1. The molecule has 140 valence electrons. The number of ether oxygens (including phenoxy) is 2. The summed E-state index contributed by atoms with van der Waals surface area (Å²) in [7, 11) is 1.59. The lowest BCUT2D eigenvalue weighted by Crippen LogP contribution is -2.13. The number of nitrogens with zero attached hydrogens (tertiary/aromatic N) is 2. The lowest BCUT2D eigenvalue weighted by atomic mass is 10.3. The quantitative estimate of drug-likeness (QED) is 0.566. The van der Waals surface area contributed by atoms with Gasteiger partial charge >= 0.3 is 0 Å². The molecule has 3 aromatic rings. The Kier molecular flexibility index (Phi) is 6.56. The summed E-state index contributed by atoms with van der Waals surface area (Å²) in [5, 5.41) is 11.4. The van der Waals surface area contributed by atoms with Gasteiger partial charge in [0.05, 0.1) is 12.9 Å². The van der Waals surface area contributed by atoms with Crippen LogP contribution in [0.25, 0.3) is 0 Å². The van der Waals surface area contributed by atoms with Crippen LogP contribution in [0.5, 0.6) is 11.5 Å². The number of anilines is 1. The zero-order valence-electron chi connectivity index (χ0n) is 14.3. The first-order valence-electron chi connectivity index (χ1n) is 7.90. The van der Waals surface area contributed by atoms with Gasteiger partial charge in [0, 0.05) is 16.8 Å². The van der Waals surface area contributed by atoms with E-state index < -0.39 is 0 Å². The predicted molar refractivity (Wildman–Crippen MR) is 102 cm³/mol. The van der Waals surface area contributed by atoms with Crippen LogP contribution in [0, 0.1) is 0 Å². The van der Waals surface area contributed by atoms with Crippen LogP contribution in [-0.4, -0.2) is 29.0 Å². The summed E-state index contributed by atoms with van der Waals surface area (Å²) in [5.74, 6) is 1.57. The summed E-state index contributed by atoms with van der Waals surface area (Å²) >= 11 is 7.03. The number of halogens is 1. The minimum absolute atomic E-state index is 0.120. The van der Waals surface area contributed by atoms with Gasteiger partial charge in [-0.25, -0.2) is 0 Å². The van der Waals surface area contributed by atoms with Gasteiger partial charge in [-0.05, 0) is 30.3 Å². The van der Waals surface area contributed by atoms with Gasteiger partial charge in [-0.1, -0.05) is 35.5 Å². The van der Waals surface area contributed by atoms with E-state index in [0.29, 0.717) is 33.3 Å². The van der Waals surface area contributed by atoms with Crippen molar-refractivity contribution < 1.29 is 18.7 Å². The van der Waals surface area contributed by atoms with Crippen molar-refractivity contribution in [3.05, 3.63) is 59.4 Å². The van der Waals surface area contributed by atoms with Crippen LogP contribution in [-0.2, 0) is 11.4 Å². The van der Waals surface area contributed by atoms with E-state index in [1.807, 2.05) is 12.1 Å². The molecule has 1 amide bonds. The summed E-state index contributed by atoms with van der Waals surface area (Å²) < 4.78 is 16.2. The number of nitrogens with one attached hydrogen (secondary N) is 1. The standard InChI is InChI=1S/C18H16ClN3O4S/c1-24-14-6-3-7-15(9-14)25-10-17-21-22-18(26-17)27-11-16(23)20-13-5-2-4-12(19)8-13/h2-9H,10-11H2,1H3,(H,20,23). The van der Waals surface area contributed by atoms with Crippen molar-refractivity contribution in [3.8, 4) is 11.5 Å². The summed E-state index contributed by atoms with van der Waals surface area (Å²) in [6.07, 6.45) is 0. The Morgan fingerprint density at radius 1 is 1.19 bits per heavy atom. The maximum absolute atomic E-state index is 12.0. The third-order valence-electron chi connectivity index (χ3n) is 3.29. The lowest BCUT2D eigenvalue weighted by Gasteiger charge is -2.05. The zero-order valence-corrected chi connectivity index (χ0v) is 15.9. The van der Waals surface area contributed by atoms with Gasteiger partial charge in [0.2, 0.25) is 5.91 Å². The van der Waals surface area contributed by atoms with Crippen LogP contribution in [0.4, 0.5) is 5.69 Å². The first-order chi connectivity index (χ1) is 13.1. The highest BCUT2D eigenvalue weighted by Crippen LogP contribution is 2.21. The molecule has 0 fully saturated rings. The molecule has 0 bridgehead atoms. The molecule has 0 saturated carbocycles. The molecule has 0 aliphatic heterocycles. The number of rotatable bonds is 8. The molecule has 1 N–H and O–H groups in total. The molecule has 0 atom stereocenters. The third-order valence-corrected chi connectivity index (χ3v) is 4.34. The fourth-order valence-electron chi connectivity index (χ4n) is 2.08. The number of carbonyl (C=O) groups excluding carboxylic acids is 1.